The number of hydrogen-bond donors (Lipinski definition) is 2. The van der Waals surface area contributed by atoms with Crippen molar-refractivity contribution in [1.82, 2.24) is 29.6 Å². The van der Waals surface area contributed by atoms with E-state index in [1.54, 1.807) is 38.2 Å². The smallest absolute Gasteiger partial charge is 0.251 e. The van der Waals surface area contributed by atoms with E-state index in [0.29, 0.717) is 47.4 Å². The number of Topliss-reactive ketones (excluding diaryl/α,β-unsaturated/α-hetero) is 1. The van der Waals surface area contributed by atoms with Gasteiger partial charge in [0, 0.05) is 11.8 Å². The topological polar surface area (TPSA) is 141 Å². The monoisotopic (exact) mass is 482 g/mol. The Morgan fingerprint density at radius 2 is 2.15 bits per heavy atom. The molecule has 4 heterocycles. The number of rotatable bonds is 5. The molecule has 0 spiro atoms. The first-order valence-electron chi connectivity index (χ1n) is 10.6. The molecular formula is C22H22N6O5S. The third-order valence-corrected chi connectivity index (χ3v) is 6.56. The molecule has 1 aromatic carbocycles. The van der Waals surface area contributed by atoms with E-state index in [1.165, 1.54) is 11.0 Å². The molecule has 1 amide bonds. The van der Waals surface area contributed by atoms with E-state index >= 15 is 0 Å². The Bertz CT molecular complexity index is 1300. The van der Waals surface area contributed by atoms with Crippen LogP contribution in [0.5, 0.6) is 5.75 Å². The van der Waals surface area contributed by atoms with Gasteiger partial charge in [-0.15, -0.1) is 0 Å². The van der Waals surface area contributed by atoms with Gasteiger partial charge >= 0.3 is 0 Å². The van der Waals surface area contributed by atoms with Crippen LogP contribution in [0.3, 0.4) is 0 Å². The average molecular weight is 483 g/mol. The molecule has 0 bridgehead atoms. The van der Waals surface area contributed by atoms with Crippen LogP contribution in [0.25, 0.3) is 22.9 Å². The lowest BCUT2D eigenvalue weighted by atomic mass is 10.0. The predicted octanol–water partition coefficient (Wildman–Crippen LogP) is 1.09. The van der Waals surface area contributed by atoms with Gasteiger partial charge in [0.1, 0.15) is 30.2 Å². The number of ether oxygens (including phenoxy) is 1. The molecule has 1 saturated heterocycles. The molecule has 2 aliphatic heterocycles. The third-order valence-electron chi connectivity index (χ3n) is 5.63. The number of imidazole rings is 1. The van der Waals surface area contributed by atoms with E-state index in [1.807, 2.05) is 4.57 Å². The normalized spacial score (nSPS) is 17.7. The first-order valence-corrected chi connectivity index (χ1v) is 11.6. The average Bonchev–Trinajstić information content (AvgIpc) is 3.50. The van der Waals surface area contributed by atoms with Crippen LogP contribution in [0, 0.1) is 0 Å². The predicted molar refractivity (Wildman–Crippen MR) is 122 cm³/mol. The number of carbonyl (C=O) groups is 3. The molecular weight excluding hydrogens is 460 g/mol. The van der Waals surface area contributed by atoms with Crippen LogP contribution < -0.4 is 10.1 Å². The molecule has 2 aliphatic rings. The van der Waals surface area contributed by atoms with Gasteiger partial charge in [-0.3, -0.25) is 14.4 Å². The summed E-state index contributed by atoms with van der Waals surface area (Å²) in [6.07, 6.45) is 3.07. The number of thioether (sulfide) groups is 1. The minimum Gasteiger partial charge on any atom is -0.491 e. The highest BCUT2D eigenvalue weighted by Crippen LogP contribution is 2.35. The summed E-state index contributed by atoms with van der Waals surface area (Å²) >= 11 is 0.973. The quantitative estimate of drug-likeness (QED) is 0.511. The molecule has 0 saturated carbocycles. The molecule has 0 aliphatic carbocycles. The van der Waals surface area contributed by atoms with Gasteiger partial charge in [0.2, 0.25) is 5.12 Å². The van der Waals surface area contributed by atoms with Gasteiger partial charge in [0.05, 0.1) is 30.0 Å². The van der Waals surface area contributed by atoms with Crippen LogP contribution in [0.2, 0.25) is 0 Å². The molecule has 2 aromatic heterocycles. The Kier molecular flexibility index (Phi) is 5.48. The molecule has 176 valence electrons. The molecule has 1 atom stereocenters. The highest BCUT2D eigenvalue weighted by molar-refractivity contribution is 8.15. The number of fused-ring (bicyclic) bond motifs is 3. The number of benzene rings is 1. The summed E-state index contributed by atoms with van der Waals surface area (Å²) < 4.78 is 9.06. The van der Waals surface area contributed by atoms with Crippen LogP contribution >= 0.6 is 11.8 Å². The zero-order chi connectivity index (χ0) is 24.0. The van der Waals surface area contributed by atoms with Gasteiger partial charge in [-0.1, -0.05) is 11.8 Å². The first kappa shape index (κ1) is 22.3. The van der Waals surface area contributed by atoms with Crippen LogP contribution in [-0.4, -0.2) is 70.7 Å². The molecule has 2 N–H and O–H groups in total. The van der Waals surface area contributed by atoms with Crippen molar-refractivity contribution in [2.75, 3.05) is 19.0 Å². The lowest BCUT2D eigenvalue weighted by Gasteiger charge is -2.23. The van der Waals surface area contributed by atoms with Gasteiger partial charge in [-0.25, -0.2) is 14.6 Å². The molecule has 12 heteroatoms. The highest BCUT2D eigenvalue weighted by Gasteiger charge is 2.38. The van der Waals surface area contributed by atoms with Crippen LogP contribution in [0.4, 0.5) is 0 Å². The largest absolute Gasteiger partial charge is 0.491 e. The fraction of sp³-hybridized carbons (Fsp3) is 0.364. The van der Waals surface area contributed by atoms with E-state index in [2.05, 4.69) is 15.4 Å². The summed E-state index contributed by atoms with van der Waals surface area (Å²) in [4.78, 5) is 46.3. The number of nitrogens with zero attached hydrogens (tertiary/aromatic N) is 5. The van der Waals surface area contributed by atoms with Crippen LogP contribution in [-0.2, 0) is 16.1 Å². The van der Waals surface area contributed by atoms with Crippen molar-refractivity contribution in [2.24, 2.45) is 0 Å². The fourth-order valence-corrected chi connectivity index (χ4v) is 4.68. The van der Waals surface area contributed by atoms with E-state index in [4.69, 9.17) is 9.72 Å². The molecule has 1 fully saturated rings. The maximum absolute atomic E-state index is 12.8. The van der Waals surface area contributed by atoms with Crippen molar-refractivity contribution in [3.05, 3.63) is 36.3 Å². The van der Waals surface area contributed by atoms with Gasteiger partial charge < -0.3 is 19.7 Å². The Hall–Kier alpha value is -3.51. The van der Waals surface area contributed by atoms with E-state index in [0.717, 1.165) is 11.8 Å². The molecule has 3 aromatic rings. The Morgan fingerprint density at radius 1 is 1.32 bits per heavy atom. The zero-order valence-electron chi connectivity index (χ0n) is 18.5. The lowest BCUT2D eigenvalue weighted by molar-refractivity contribution is -0.124. The molecule has 5 rings (SSSR count). The molecule has 0 radical (unpaired) electrons. The zero-order valence-corrected chi connectivity index (χ0v) is 19.3. The Morgan fingerprint density at radius 3 is 2.88 bits per heavy atom. The minimum atomic E-state index is -1.01. The van der Waals surface area contributed by atoms with Crippen LogP contribution in [0.1, 0.15) is 30.2 Å². The Balaban J connectivity index is 1.54. The summed E-state index contributed by atoms with van der Waals surface area (Å²) in [6, 6.07) is 4.06. The summed E-state index contributed by atoms with van der Waals surface area (Å²) in [5.74, 6) is 1.02. The van der Waals surface area contributed by atoms with Crippen molar-refractivity contribution < 1.29 is 24.2 Å². The summed E-state index contributed by atoms with van der Waals surface area (Å²) in [5.41, 5.74) is 0.690. The van der Waals surface area contributed by atoms with Gasteiger partial charge in [-0.2, -0.15) is 5.10 Å². The highest BCUT2D eigenvalue weighted by atomic mass is 32.2. The standard InChI is InChI=1S/C22H22N6O5S/c1-22(2,10-29)26-20(31)12-3-4-16-13(7-12)18-25-14(8-27(18)5-6-33-16)19-23-11-24-28(19)17-15(30)9-34-21(17)32/h3-4,7-8,11,17,29H,5-6,9-10H2,1-2H3,(H,26,31)/t17-/m0/s1. The summed E-state index contributed by atoms with van der Waals surface area (Å²) in [7, 11) is 0. The molecule has 34 heavy (non-hydrogen) atoms. The van der Waals surface area contributed by atoms with Crippen molar-refractivity contribution >= 4 is 28.6 Å². The maximum atomic E-state index is 12.8. The SMILES string of the molecule is CC(C)(CO)NC(=O)c1ccc2c(c1)-c1nc(-c3ncnn3[C@H]3C(=O)CSC3=O)cn1CCO2. The van der Waals surface area contributed by atoms with E-state index in [9.17, 15) is 19.5 Å². The number of aliphatic hydroxyl groups excluding tert-OH is 1. The second kappa shape index (κ2) is 8.37. The number of amides is 1. The van der Waals surface area contributed by atoms with Crippen LogP contribution in [0.15, 0.2) is 30.7 Å². The first-order chi connectivity index (χ1) is 16.3. The molecule has 0 unspecified atom stereocenters. The second-order valence-corrected chi connectivity index (χ2v) is 9.68. The van der Waals surface area contributed by atoms with Gasteiger partial charge in [0.25, 0.3) is 5.91 Å². The number of carbonyl (C=O) groups excluding carboxylic acids is 3. The maximum Gasteiger partial charge on any atom is 0.251 e. The number of nitrogens with one attached hydrogen (secondary N) is 1. The van der Waals surface area contributed by atoms with E-state index in [-0.39, 0.29) is 29.2 Å². The molecule has 11 nitrogen and oxygen atoms in total. The van der Waals surface area contributed by atoms with Crippen molar-refractivity contribution in [3.8, 4) is 28.7 Å². The third kappa shape index (κ3) is 3.88. The van der Waals surface area contributed by atoms with Crippen molar-refractivity contribution in [2.45, 2.75) is 32.0 Å². The van der Waals surface area contributed by atoms with Crippen molar-refractivity contribution in [1.29, 1.82) is 0 Å². The number of hydrogen-bond acceptors (Lipinski definition) is 9. The van der Waals surface area contributed by atoms with Gasteiger partial charge in [-0.05, 0) is 32.0 Å². The summed E-state index contributed by atoms with van der Waals surface area (Å²) in [5, 5.41) is 16.1. The minimum absolute atomic E-state index is 0.116. The summed E-state index contributed by atoms with van der Waals surface area (Å²) in [6.45, 7) is 4.14. The number of aromatic nitrogens is 5. The number of aliphatic hydroxyl groups is 1. The Labute approximate surface area is 198 Å². The van der Waals surface area contributed by atoms with Crippen molar-refractivity contribution in [3.63, 3.8) is 0 Å². The van der Waals surface area contributed by atoms with E-state index < -0.39 is 11.6 Å². The second-order valence-electron chi connectivity index (χ2n) is 8.70. The fourth-order valence-electron chi connectivity index (χ4n) is 3.84. The number of ketones is 1. The lowest BCUT2D eigenvalue weighted by Crippen LogP contribution is -2.46. The van der Waals surface area contributed by atoms with Gasteiger partial charge in [0.15, 0.2) is 17.6 Å².